The van der Waals surface area contributed by atoms with Crippen LogP contribution >= 0.6 is 12.4 Å². The Kier molecular flexibility index (Phi) is 2.69. The second-order valence-corrected chi connectivity index (χ2v) is 7.75. The first-order valence-corrected chi connectivity index (χ1v) is 6.52. The molecule has 0 radical (unpaired) electrons. The summed E-state index contributed by atoms with van der Waals surface area (Å²) in [6.07, 6.45) is 8.91. The van der Waals surface area contributed by atoms with Gasteiger partial charge in [0.2, 0.25) is 0 Å². The number of halogens is 1. The molecule has 4 fully saturated rings. The van der Waals surface area contributed by atoms with Crippen LogP contribution in [-0.4, -0.2) is 24.5 Å². The zero-order valence-corrected chi connectivity index (χ0v) is 12.0. The average molecular weight is 244 g/mol. The Hall–Kier alpha value is 0.250. The Labute approximate surface area is 106 Å². The van der Waals surface area contributed by atoms with E-state index in [1.807, 2.05) is 0 Å². The minimum Gasteiger partial charge on any atom is -0.304 e. The zero-order valence-electron chi connectivity index (χ0n) is 11.2. The highest BCUT2D eigenvalue weighted by atomic mass is 35.5. The zero-order chi connectivity index (χ0) is 10.9. The molecule has 4 aliphatic carbocycles. The smallest absolute Gasteiger partial charge is 0.0216 e. The fourth-order valence-electron chi connectivity index (χ4n) is 5.89. The molecular weight excluding hydrogens is 218 g/mol. The maximum Gasteiger partial charge on any atom is 0.0216 e. The van der Waals surface area contributed by atoms with E-state index in [0.29, 0.717) is 16.4 Å². The van der Waals surface area contributed by atoms with Crippen LogP contribution in [0.1, 0.15) is 52.4 Å². The Morgan fingerprint density at radius 1 is 0.875 bits per heavy atom. The molecule has 4 bridgehead atoms. The Balaban J connectivity index is 0.000000963. The lowest BCUT2D eigenvalue weighted by atomic mass is 9.42. The van der Waals surface area contributed by atoms with Crippen molar-refractivity contribution in [2.75, 3.05) is 14.1 Å². The van der Waals surface area contributed by atoms with Gasteiger partial charge in [0.15, 0.2) is 0 Å². The molecule has 4 rings (SSSR count). The fourth-order valence-corrected chi connectivity index (χ4v) is 5.89. The lowest BCUT2D eigenvalue weighted by Crippen LogP contribution is -2.63. The first-order valence-electron chi connectivity index (χ1n) is 6.52. The van der Waals surface area contributed by atoms with Gasteiger partial charge in [-0.2, -0.15) is 0 Å². The molecule has 4 aliphatic rings. The highest BCUT2D eigenvalue weighted by Crippen LogP contribution is 2.67. The second kappa shape index (κ2) is 3.38. The van der Waals surface area contributed by atoms with Crippen LogP contribution in [0.2, 0.25) is 0 Å². The van der Waals surface area contributed by atoms with Crippen LogP contribution in [0.4, 0.5) is 0 Å². The summed E-state index contributed by atoms with van der Waals surface area (Å²) < 4.78 is 0. The van der Waals surface area contributed by atoms with Crippen LogP contribution in [0.15, 0.2) is 0 Å². The molecule has 1 nitrogen and oxygen atoms in total. The third-order valence-electron chi connectivity index (χ3n) is 5.55. The minimum absolute atomic E-state index is 0. The SMILES string of the molecule is CN(C)C12CC3CC(C)(CC(C)(C3)C1)C2.Cl. The van der Waals surface area contributed by atoms with Crippen molar-refractivity contribution in [2.45, 2.75) is 57.9 Å². The van der Waals surface area contributed by atoms with E-state index in [0.717, 1.165) is 5.92 Å². The van der Waals surface area contributed by atoms with E-state index >= 15 is 0 Å². The van der Waals surface area contributed by atoms with Gasteiger partial charge in [-0.3, -0.25) is 0 Å². The predicted octanol–water partition coefficient (Wildman–Crippen LogP) is 3.72. The number of hydrogen-bond acceptors (Lipinski definition) is 1. The maximum absolute atomic E-state index is 2.55. The summed E-state index contributed by atoms with van der Waals surface area (Å²) >= 11 is 0. The predicted molar refractivity (Wildman–Crippen MR) is 71.1 cm³/mol. The van der Waals surface area contributed by atoms with Crippen molar-refractivity contribution in [2.24, 2.45) is 16.7 Å². The van der Waals surface area contributed by atoms with E-state index < -0.39 is 0 Å². The average Bonchev–Trinajstić information content (AvgIpc) is 1.95. The summed E-state index contributed by atoms with van der Waals surface area (Å²) in [5, 5.41) is 0. The van der Waals surface area contributed by atoms with Gasteiger partial charge in [0.25, 0.3) is 0 Å². The van der Waals surface area contributed by atoms with Gasteiger partial charge >= 0.3 is 0 Å². The van der Waals surface area contributed by atoms with Gasteiger partial charge in [0.05, 0.1) is 0 Å². The van der Waals surface area contributed by atoms with Crippen molar-refractivity contribution in [3.63, 3.8) is 0 Å². The molecule has 0 aromatic heterocycles. The van der Waals surface area contributed by atoms with Crippen molar-refractivity contribution < 1.29 is 0 Å². The Bertz CT molecular complexity index is 281. The molecule has 0 N–H and O–H groups in total. The molecular formula is C14H26ClN. The van der Waals surface area contributed by atoms with Gasteiger partial charge in [0, 0.05) is 5.54 Å². The van der Waals surface area contributed by atoms with E-state index in [9.17, 15) is 0 Å². The minimum atomic E-state index is 0. The maximum atomic E-state index is 2.55. The summed E-state index contributed by atoms with van der Waals surface area (Å²) in [6.45, 7) is 5.10. The molecule has 2 atom stereocenters. The van der Waals surface area contributed by atoms with Gasteiger partial charge in [-0.05, 0) is 69.4 Å². The Morgan fingerprint density at radius 2 is 1.38 bits per heavy atom. The van der Waals surface area contributed by atoms with Crippen molar-refractivity contribution in [1.29, 1.82) is 0 Å². The number of nitrogens with zero attached hydrogens (tertiary/aromatic N) is 1. The molecule has 2 heteroatoms. The quantitative estimate of drug-likeness (QED) is 0.679. The molecule has 4 saturated carbocycles. The molecule has 94 valence electrons. The van der Waals surface area contributed by atoms with Crippen LogP contribution in [0, 0.1) is 16.7 Å². The molecule has 0 aromatic rings. The summed E-state index contributed by atoms with van der Waals surface area (Å²) in [7, 11) is 4.61. The largest absolute Gasteiger partial charge is 0.304 e. The third kappa shape index (κ3) is 1.62. The van der Waals surface area contributed by atoms with E-state index in [4.69, 9.17) is 0 Å². The van der Waals surface area contributed by atoms with Crippen LogP contribution in [0.3, 0.4) is 0 Å². The summed E-state index contributed by atoms with van der Waals surface area (Å²) in [6, 6.07) is 0. The number of hydrogen-bond donors (Lipinski definition) is 0. The highest BCUT2D eigenvalue weighted by molar-refractivity contribution is 5.85. The first-order chi connectivity index (χ1) is 6.85. The van der Waals surface area contributed by atoms with Gasteiger partial charge in [-0.15, -0.1) is 12.4 Å². The lowest BCUT2D eigenvalue weighted by Gasteiger charge is -2.67. The molecule has 0 spiro atoms. The van der Waals surface area contributed by atoms with Crippen molar-refractivity contribution in [3.05, 3.63) is 0 Å². The van der Waals surface area contributed by atoms with E-state index in [1.54, 1.807) is 0 Å². The van der Waals surface area contributed by atoms with Crippen LogP contribution in [0.25, 0.3) is 0 Å². The standard InChI is InChI=1S/C14H25N.ClH/c1-12-5-11-6-13(2,8-12)10-14(7-11,9-12)15(3)4;/h11H,5-10H2,1-4H3;1H. The topological polar surface area (TPSA) is 3.24 Å². The second-order valence-electron chi connectivity index (χ2n) is 7.75. The molecule has 0 aliphatic heterocycles. The van der Waals surface area contributed by atoms with Gasteiger partial charge in [0.1, 0.15) is 0 Å². The molecule has 16 heavy (non-hydrogen) atoms. The molecule has 0 amide bonds. The number of rotatable bonds is 1. The van der Waals surface area contributed by atoms with Crippen LogP contribution < -0.4 is 0 Å². The molecule has 2 unspecified atom stereocenters. The first kappa shape index (κ1) is 12.7. The Morgan fingerprint density at radius 3 is 1.75 bits per heavy atom. The van der Waals surface area contributed by atoms with E-state index in [1.165, 1.54) is 38.5 Å². The summed E-state index contributed by atoms with van der Waals surface area (Å²) in [4.78, 5) is 2.55. The third-order valence-corrected chi connectivity index (χ3v) is 5.55. The van der Waals surface area contributed by atoms with Gasteiger partial charge < -0.3 is 4.90 Å². The van der Waals surface area contributed by atoms with Gasteiger partial charge in [-0.1, -0.05) is 13.8 Å². The molecule has 0 aromatic carbocycles. The van der Waals surface area contributed by atoms with E-state index in [2.05, 4.69) is 32.8 Å². The highest BCUT2D eigenvalue weighted by Gasteiger charge is 2.60. The van der Waals surface area contributed by atoms with E-state index in [-0.39, 0.29) is 12.4 Å². The van der Waals surface area contributed by atoms with Crippen molar-refractivity contribution >= 4 is 12.4 Å². The fraction of sp³-hybridized carbons (Fsp3) is 1.00. The molecule has 0 saturated heterocycles. The normalized spacial score (nSPS) is 54.2. The monoisotopic (exact) mass is 243 g/mol. The van der Waals surface area contributed by atoms with Crippen LogP contribution in [-0.2, 0) is 0 Å². The van der Waals surface area contributed by atoms with Gasteiger partial charge in [-0.25, -0.2) is 0 Å². The summed E-state index contributed by atoms with van der Waals surface area (Å²) in [5.74, 6) is 1.03. The van der Waals surface area contributed by atoms with Crippen molar-refractivity contribution in [1.82, 2.24) is 4.90 Å². The van der Waals surface area contributed by atoms with Crippen LogP contribution in [0.5, 0.6) is 0 Å². The summed E-state index contributed by atoms with van der Waals surface area (Å²) in [5.41, 5.74) is 1.89. The van der Waals surface area contributed by atoms with Crippen molar-refractivity contribution in [3.8, 4) is 0 Å². The molecule has 0 heterocycles. The lowest BCUT2D eigenvalue weighted by molar-refractivity contribution is -0.150.